The van der Waals surface area contributed by atoms with Crippen molar-refractivity contribution < 1.29 is 9.53 Å². The predicted octanol–water partition coefficient (Wildman–Crippen LogP) is 3.37. The summed E-state index contributed by atoms with van der Waals surface area (Å²) in [6.07, 6.45) is 7.19. The van der Waals surface area contributed by atoms with Gasteiger partial charge in [0, 0.05) is 25.2 Å². The number of rotatable bonds is 5. The van der Waals surface area contributed by atoms with Crippen LogP contribution in [0, 0.1) is 24.2 Å². The zero-order valence-corrected chi connectivity index (χ0v) is 15.9. The second-order valence-corrected chi connectivity index (χ2v) is 7.80. The molecule has 140 valence electrons. The van der Waals surface area contributed by atoms with Crippen molar-refractivity contribution in [2.45, 2.75) is 63.8 Å². The number of aryl methyl sites for hydroxylation is 1. The minimum absolute atomic E-state index is 0.0722. The van der Waals surface area contributed by atoms with Crippen LogP contribution in [-0.2, 0) is 14.9 Å². The highest BCUT2D eigenvalue weighted by molar-refractivity contribution is 5.69. The Labute approximate surface area is 156 Å². The van der Waals surface area contributed by atoms with E-state index in [0.29, 0.717) is 25.0 Å². The number of likely N-dealkylation sites (tertiary alicyclic amines) is 1. The van der Waals surface area contributed by atoms with Crippen molar-refractivity contribution in [3.8, 4) is 6.07 Å². The zero-order chi connectivity index (χ0) is 18.6. The van der Waals surface area contributed by atoms with E-state index >= 15 is 0 Å². The van der Waals surface area contributed by atoms with Crippen LogP contribution in [0.25, 0.3) is 0 Å². The van der Waals surface area contributed by atoms with E-state index in [4.69, 9.17) is 4.74 Å². The lowest BCUT2D eigenvalue weighted by atomic mass is 9.70. The first-order valence-corrected chi connectivity index (χ1v) is 9.80. The number of aromatic nitrogens is 1. The smallest absolute Gasteiger partial charge is 0.306 e. The standard InChI is InChI=1S/C21H29N3O2/c1-3-26-20(25)13-17-7-11-24(14-17)18-4-8-21(15-22,9-5-18)19-12-16(2)6-10-23-19/h6,10,12,17-18H,3-5,7-9,11,13-14H2,1-2H3/t17-,18?,21?/m0/s1. The van der Waals surface area contributed by atoms with E-state index in [1.807, 2.05) is 19.2 Å². The lowest BCUT2D eigenvalue weighted by Gasteiger charge is -2.38. The Morgan fingerprint density at radius 3 is 2.85 bits per heavy atom. The third-order valence-corrected chi connectivity index (χ3v) is 6.02. The summed E-state index contributed by atoms with van der Waals surface area (Å²) in [4.78, 5) is 18.7. The highest BCUT2D eigenvalue weighted by atomic mass is 16.5. The third-order valence-electron chi connectivity index (χ3n) is 6.02. The van der Waals surface area contributed by atoms with Crippen molar-refractivity contribution in [3.63, 3.8) is 0 Å². The number of hydrogen-bond donors (Lipinski definition) is 0. The van der Waals surface area contributed by atoms with E-state index in [9.17, 15) is 10.1 Å². The normalized spacial score (nSPS) is 29.3. The van der Waals surface area contributed by atoms with Crippen LogP contribution in [0.15, 0.2) is 18.3 Å². The molecule has 26 heavy (non-hydrogen) atoms. The van der Waals surface area contributed by atoms with Gasteiger partial charge in [-0.1, -0.05) is 0 Å². The van der Waals surface area contributed by atoms with Crippen LogP contribution in [-0.4, -0.2) is 41.6 Å². The van der Waals surface area contributed by atoms with Gasteiger partial charge in [-0.3, -0.25) is 9.78 Å². The maximum Gasteiger partial charge on any atom is 0.306 e. The number of nitriles is 1. The van der Waals surface area contributed by atoms with Gasteiger partial charge in [0.1, 0.15) is 0 Å². The lowest BCUT2D eigenvalue weighted by Crippen LogP contribution is -2.41. The van der Waals surface area contributed by atoms with Crippen LogP contribution in [0.3, 0.4) is 0 Å². The summed E-state index contributed by atoms with van der Waals surface area (Å²) in [7, 11) is 0. The minimum Gasteiger partial charge on any atom is -0.466 e. The molecular formula is C21H29N3O2. The van der Waals surface area contributed by atoms with Crippen molar-refractivity contribution >= 4 is 5.97 Å². The molecule has 0 amide bonds. The van der Waals surface area contributed by atoms with Crippen LogP contribution in [0.2, 0.25) is 0 Å². The zero-order valence-electron chi connectivity index (χ0n) is 15.9. The summed E-state index contributed by atoms with van der Waals surface area (Å²) in [6, 6.07) is 7.15. The molecule has 1 atom stereocenters. The van der Waals surface area contributed by atoms with E-state index in [1.54, 1.807) is 0 Å². The SMILES string of the molecule is CCOC(=O)C[C@@H]1CCN(C2CCC(C#N)(c3cc(C)ccn3)CC2)C1. The van der Waals surface area contributed by atoms with Gasteiger partial charge in [0.05, 0.1) is 23.8 Å². The Bertz CT molecular complexity index is 674. The van der Waals surface area contributed by atoms with Gasteiger partial charge in [-0.15, -0.1) is 0 Å². The van der Waals surface area contributed by atoms with Crippen LogP contribution in [0.1, 0.15) is 56.7 Å². The topological polar surface area (TPSA) is 66.2 Å². The van der Waals surface area contributed by atoms with Crippen molar-refractivity contribution in [1.82, 2.24) is 9.88 Å². The molecule has 3 rings (SSSR count). The number of nitrogens with zero attached hydrogens (tertiary/aromatic N) is 3. The van der Waals surface area contributed by atoms with Gasteiger partial charge in [-0.05, 0) is 76.1 Å². The number of carbonyl (C=O) groups is 1. The van der Waals surface area contributed by atoms with Crippen molar-refractivity contribution in [3.05, 3.63) is 29.6 Å². The summed E-state index contributed by atoms with van der Waals surface area (Å²) in [6.45, 7) is 6.39. The summed E-state index contributed by atoms with van der Waals surface area (Å²) < 4.78 is 5.08. The lowest BCUT2D eigenvalue weighted by molar-refractivity contribution is -0.144. The van der Waals surface area contributed by atoms with Gasteiger partial charge in [-0.25, -0.2) is 0 Å². The Morgan fingerprint density at radius 1 is 1.42 bits per heavy atom. The molecule has 0 unspecified atom stereocenters. The highest BCUT2D eigenvalue weighted by Gasteiger charge is 2.41. The predicted molar refractivity (Wildman–Crippen MR) is 99.5 cm³/mol. The maximum absolute atomic E-state index is 11.7. The largest absolute Gasteiger partial charge is 0.466 e. The molecule has 1 saturated carbocycles. The number of ether oxygens (including phenoxy) is 1. The first kappa shape index (κ1) is 18.8. The molecule has 0 spiro atoms. The van der Waals surface area contributed by atoms with Crippen molar-refractivity contribution in [2.24, 2.45) is 5.92 Å². The van der Waals surface area contributed by atoms with Crippen molar-refractivity contribution in [1.29, 1.82) is 5.26 Å². The first-order valence-electron chi connectivity index (χ1n) is 9.80. The maximum atomic E-state index is 11.7. The molecule has 1 aliphatic carbocycles. The molecule has 0 bridgehead atoms. The number of carbonyl (C=O) groups excluding carboxylic acids is 1. The molecule has 0 radical (unpaired) electrons. The fourth-order valence-electron chi connectivity index (χ4n) is 4.50. The van der Waals surface area contributed by atoms with Gasteiger partial charge < -0.3 is 9.64 Å². The summed E-state index contributed by atoms with van der Waals surface area (Å²) >= 11 is 0. The monoisotopic (exact) mass is 355 g/mol. The Hall–Kier alpha value is -1.93. The Morgan fingerprint density at radius 2 is 2.19 bits per heavy atom. The fraction of sp³-hybridized carbons (Fsp3) is 0.667. The van der Waals surface area contributed by atoms with Crippen LogP contribution >= 0.6 is 0 Å². The molecule has 0 N–H and O–H groups in total. The molecule has 0 aromatic carbocycles. The molecule has 5 nitrogen and oxygen atoms in total. The number of hydrogen-bond acceptors (Lipinski definition) is 5. The average Bonchev–Trinajstić information content (AvgIpc) is 3.10. The third kappa shape index (κ3) is 4.07. The molecule has 1 saturated heterocycles. The first-order chi connectivity index (χ1) is 12.6. The van der Waals surface area contributed by atoms with Gasteiger partial charge in [-0.2, -0.15) is 5.26 Å². The van der Waals surface area contributed by atoms with Gasteiger partial charge in [0.2, 0.25) is 0 Å². The molecule has 2 fully saturated rings. The second-order valence-electron chi connectivity index (χ2n) is 7.80. The van der Waals surface area contributed by atoms with Gasteiger partial charge in [0.25, 0.3) is 0 Å². The molecule has 5 heteroatoms. The van der Waals surface area contributed by atoms with E-state index in [1.165, 1.54) is 0 Å². The van der Waals surface area contributed by atoms with Gasteiger partial charge in [0.15, 0.2) is 0 Å². The van der Waals surface area contributed by atoms with E-state index < -0.39 is 5.41 Å². The number of esters is 1. The average molecular weight is 355 g/mol. The van der Waals surface area contributed by atoms with Gasteiger partial charge >= 0.3 is 5.97 Å². The fourth-order valence-corrected chi connectivity index (χ4v) is 4.50. The van der Waals surface area contributed by atoms with E-state index in [-0.39, 0.29) is 5.97 Å². The number of pyridine rings is 1. The molecular weight excluding hydrogens is 326 g/mol. The minimum atomic E-state index is -0.438. The highest BCUT2D eigenvalue weighted by Crippen LogP contribution is 2.40. The molecule has 1 aromatic heterocycles. The quantitative estimate of drug-likeness (QED) is 0.758. The van der Waals surface area contributed by atoms with Crippen LogP contribution in [0.4, 0.5) is 0 Å². The molecule has 2 aliphatic rings. The summed E-state index contributed by atoms with van der Waals surface area (Å²) in [5.41, 5.74) is 1.65. The van der Waals surface area contributed by atoms with Crippen molar-refractivity contribution in [2.75, 3.05) is 19.7 Å². The van der Waals surface area contributed by atoms with Crippen LogP contribution < -0.4 is 0 Å². The second kappa shape index (κ2) is 8.18. The summed E-state index contributed by atoms with van der Waals surface area (Å²) in [5.74, 6) is 0.340. The summed E-state index contributed by atoms with van der Waals surface area (Å²) in [5, 5.41) is 9.87. The van der Waals surface area contributed by atoms with E-state index in [0.717, 1.165) is 56.5 Å². The molecule has 2 heterocycles. The Kier molecular flexibility index (Phi) is 5.93. The molecule has 1 aliphatic heterocycles. The molecule has 1 aromatic rings. The van der Waals surface area contributed by atoms with E-state index in [2.05, 4.69) is 28.9 Å². The van der Waals surface area contributed by atoms with Crippen LogP contribution in [0.5, 0.6) is 0 Å². The Balaban J connectivity index is 1.57.